The Hall–Kier alpha value is -2.93. The lowest BCUT2D eigenvalue weighted by molar-refractivity contribution is 0.0995. The zero-order valence-corrected chi connectivity index (χ0v) is 13.7. The van der Waals surface area contributed by atoms with Crippen LogP contribution in [0.4, 0.5) is 0 Å². The number of amides is 1. The van der Waals surface area contributed by atoms with Crippen molar-refractivity contribution < 1.29 is 14.6 Å². The van der Waals surface area contributed by atoms with Crippen LogP contribution in [0.2, 0.25) is 0 Å². The maximum absolute atomic E-state index is 11.0. The second-order valence-corrected chi connectivity index (χ2v) is 5.82. The van der Waals surface area contributed by atoms with Crippen LogP contribution in [0.25, 0.3) is 10.9 Å². The lowest BCUT2D eigenvalue weighted by Crippen LogP contribution is -2.16. The summed E-state index contributed by atoms with van der Waals surface area (Å²) in [6.45, 7) is 0.876. The molecule has 0 spiro atoms. The summed E-state index contributed by atoms with van der Waals surface area (Å²) in [5.41, 5.74) is 6.28. The first-order valence-corrected chi connectivity index (χ1v) is 8.09. The summed E-state index contributed by atoms with van der Waals surface area (Å²) < 4.78 is 7.39. The standard InChI is InChI=1S/C18H20N4O3/c19-18(24)17-11-22(12-21-17)10-14(23)4-2-8-25-15-5-6-16-13(9-15)3-1-7-20-16/h1,3,5-7,9,11-12,14,23H,2,4,8,10H2,(H2,19,24). The van der Waals surface area contributed by atoms with Crippen LogP contribution in [0.5, 0.6) is 5.75 Å². The van der Waals surface area contributed by atoms with Crippen LogP contribution in [-0.4, -0.2) is 38.3 Å². The first kappa shape index (κ1) is 16.9. The van der Waals surface area contributed by atoms with Gasteiger partial charge in [0.1, 0.15) is 11.4 Å². The van der Waals surface area contributed by atoms with Crippen molar-refractivity contribution in [1.29, 1.82) is 0 Å². The highest BCUT2D eigenvalue weighted by Crippen LogP contribution is 2.19. The molecule has 0 saturated carbocycles. The molecule has 0 aliphatic heterocycles. The van der Waals surface area contributed by atoms with E-state index in [4.69, 9.17) is 10.5 Å². The number of pyridine rings is 1. The number of primary amides is 1. The molecule has 0 aliphatic carbocycles. The molecule has 2 aromatic heterocycles. The van der Waals surface area contributed by atoms with Gasteiger partial charge in [0, 0.05) is 24.3 Å². The van der Waals surface area contributed by atoms with Gasteiger partial charge in [-0.15, -0.1) is 0 Å². The first-order chi connectivity index (χ1) is 12.1. The number of hydrogen-bond donors (Lipinski definition) is 2. The number of nitrogens with zero attached hydrogens (tertiary/aromatic N) is 3. The summed E-state index contributed by atoms with van der Waals surface area (Å²) in [6.07, 6.45) is 5.53. The van der Waals surface area contributed by atoms with Gasteiger partial charge in [-0.1, -0.05) is 6.07 Å². The Balaban J connectivity index is 1.43. The molecule has 1 unspecified atom stereocenters. The average molecular weight is 340 g/mol. The van der Waals surface area contributed by atoms with Crippen LogP contribution in [0.3, 0.4) is 0 Å². The molecule has 0 saturated heterocycles. The number of aliphatic hydroxyl groups excluding tert-OH is 1. The van der Waals surface area contributed by atoms with Crippen molar-refractivity contribution in [2.24, 2.45) is 5.73 Å². The third-order valence-electron chi connectivity index (χ3n) is 3.83. The molecule has 1 aromatic carbocycles. The number of ether oxygens (including phenoxy) is 1. The Kier molecular flexibility index (Phi) is 5.25. The zero-order chi connectivity index (χ0) is 17.6. The van der Waals surface area contributed by atoms with Gasteiger partial charge in [-0.2, -0.15) is 0 Å². The van der Waals surface area contributed by atoms with Gasteiger partial charge in [0.25, 0.3) is 5.91 Å². The summed E-state index contributed by atoms with van der Waals surface area (Å²) in [6, 6.07) is 9.65. The van der Waals surface area contributed by atoms with Gasteiger partial charge in [-0.05, 0) is 37.1 Å². The minimum atomic E-state index is -0.577. The largest absolute Gasteiger partial charge is 0.494 e. The molecule has 130 valence electrons. The highest BCUT2D eigenvalue weighted by Gasteiger charge is 2.09. The highest BCUT2D eigenvalue weighted by molar-refractivity contribution is 5.90. The number of carbonyl (C=O) groups excluding carboxylic acids is 1. The Morgan fingerprint density at radius 3 is 3.00 bits per heavy atom. The molecule has 2 heterocycles. The third-order valence-corrected chi connectivity index (χ3v) is 3.83. The fourth-order valence-corrected chi connectivity index (χ4v) is 2.57. The number of rotatable bonds is 8. The molecule has 3 rings (SSSR count). The van der Waals surface area contributed by atoms with Gasteiger partial charge >= 0.3 is 0 Å². The molecular weight excluding hydrogens is 320 g/mol. The van der Waals surface area contributed by atoms with Crippen LogP contribution >= 0.6 is 0 Å². The van der Waals surface area contributed by atoms with E-state index >= 15 is 0 Å². The SMILES string of the molecule is NC(=O)c1cn(CC(O)CCCOc2ccc3ncccc3c2)cn1. The van der Waals surface area contributed by atoms with Crippen molar-refractivity contribution in [2.75, 3.05) is 6.61 Å². The molecule has 1 amide bonds. The lowest BCUT2D eigenvalue weighted by Gasteiger charge is -2.12. The Morgan fingerprint density at radius 2 is 2.20 bits per heavy atom. The van der Waals surface area contributed by atoms with Crippen LogP contribution in [0, 0.1) is 0 Å². The van der Waals surface area contributed by atoms with E-state index in [2.05, 4.69) is 9.97 Å². The van der Waals surface area contributed by atoms with Gasteiger partial charge in [0.05, 0.1) is 24.6 Å². The fraction of sp³-hybridized carbons (Fsp3) is 0.278. The Morgan fingerprint density at radius 1 is 1.32 bits per heavy atom. The molecule has 3 N–H and O–H groups in total. The number of hydrogen-bond acceptors (Lipinski definition) is 5. The molecular formula is C18H20N4O3. The van der Waals surface area contributed by atoms with Crippen LogP contribution < -0.4 is 10.5 Å². The average Bonchev–Trinajstić information content (AvgIpc) is 3.07. The van der Waals surface area contributed by atoms with Gasteiger partial charge in [0.2, 0.25) is 0 Å². The first-order valence-electron chi connectivity index (χ1n) is 8.09. The van der Waals surface area contributed by atoms with E-state index in [-0.39, 0.29) is 5.69 Å². The lowest BCUT2D eigenvalue weighted by atomic mass is 10.2. The number of fused-ring (bicyclic) bond motifs is 1. The van der Waals surface area contributed by atoms with Gasteiger partial charge < -0.3 is 20.1 Å². The zero-order valence-electron chi connectivity index (χ0n) is 13.7. The Labute approximate surface area is 145 Å². The summed E-state index contributed by atoms with van der Waals surface area (Å²) in [5.74, 6) is 0.211. The number of nitrogens with two attached hydrogens (primary N) is 1. The van der Waals surface area contributed by atoms with E-state index in [0.29, 0.717) is 26.0 Å². The molecule has 1 atom stereocenters. The molecule has 0 fully saturated rings. The van der Waals surface area contributed by atoms with Crippen LogP contribution in [-0.2, 0) is 6.54 Å². The van der Waals surface area contributed by atoms with Crippen molar-refractivity contribution >= 4 is 16.8 Å². The smallest absolute Gasteiger partial charge is 0.268 e. The van der Waals surface area contributed by atoms with E-state index in [1.165, 1.54) is 12.5 Å². The quantitative estimate of drug-likeness (QED) is 0.608. The maximum atomic E-state index is 11.0. The van der Waals surface area contributed by atoms with Crippen LogP contribution in [0.1, 0.15) is 23.3 Å². The molecule has 25 heavy (non-hydrogen) atoms. The molecule has 7 heteroatoms. The Bertz CT molecular complexity index is 862. The summed E-state index contributed by atoms with van der Waals surface area (Å²) in [7, 11) is 0. The number of aromatic nitrogens is 3. The minimum Gasteiger partial charge on any atom is -0.494 e. The fourth-order valence-electron chi connectivity index (χ4n) is 2.57. The third kappa shape index (κ3) is 4.54. The molecule has 3 aromatic rings. The maximum Gasteiger partial charge on any atom is 0.268 e. The summed E-state index contributed by atoms with van der Waals surface area (Å²) in [5, 5.41) is 11.1. The monoisotopic (exact) mass is 340 g/mol. The van der Waals surface area contributed by atoms with Crippen molar-refractivity contribution in [1.82, 2.24) is 14.5 Å². The van der Waals surface area contributed by atoms with E-state index in [1.54, 1.807) is 10.8 Å². The second-order valence-electron chi connectivity index (χ2n) is 5.82. The van der Waals surface area contributed by atoms with Crippen molar-refractivity contribution in [3.05, 3.63) is 54.7 Å². The van der Waals surface area contributed by atoms with Crippen molar-refractivity contribution in [3.8, 4) is 5.75 Å². The normalized spacial score (nSPS) is 12.2. The van der Waals surface area contributed by atoms with Gasteiger partial charge in [0.15, 0.2) is 0 Å². The van der Waals surface area contributed by atoms with Crippen molar-refractivity contribution in [3.63, 3.8) is 0 Å². The molecule has 7 nitrogen and oxygen atoms in total. The summed E-state index contributed by atoms with van der Waals surface area (Å²) >= 11 is 0. The van der Waals surface area contributed by atoms with E-state index in [0.717, 1.165) is 16.7 Å². The van der Waals surface area contributed by atoms with E-state index < -0.39 is 12.0 Å². The number of carbonyl (C=O) groups is 1. The summed E-state index contributed by atoms with van der Waals surface area (Å²) in [4.78, 5) is 19.1. The van der Waals surface area contributed by atoms with Gasteiger partial charge in [-0.25, -0.2) is 4.98 Å². The van der Waals surface area contributed by atoms with Crippen molar-refractivity contribution in [2.45, 2.75) is 25.5 Å². The highest BCUT2D eigenvalue weighted by atomic mass is 16.5. The number of aliphatic hydroxyl groups is 1. The number of benzene rings is 1. The van der Waals surface area contributed by atoms with E-state index in [9.17, 15) is 9.90 Å². The predicted octanol–water partition coefficient (Wildman–Crippen LogP) is 1.75. The number of imidazole rings is 1. The van der Waals surface area contributed by atoms with Gasteiger partial charge in [-0.3, -0.25) is 9.78 Å². The second kappa shape index (κ2) is 7.76. The van der Waals surface area contributed by atoms with Crippen LogP contribution in [0.15, 0.2) is 49.1 Å². The predicted molar refractivity (Wildman–Crippen MR) is 93.2 cm³/mol. The van der Waals surface area contributed by atoms with E-state index in [1.807, 2.05) is 30.3 Å². The minimum absolute atomic E-state index is 0.196. The topological polar surface area (TPSA) is 103 Å². The molecule has 0 radical (unpaired) electrons. The molecule has 0 bridgehead atoms. The molecule has 0 aliphatic rings.